The van der Waals surface area contributed by atoms with Gasteiger partial charge in [-0.05, 0) is 57.0 Å². The molecule has 3 nitrogen and oxygen atoms in total. The summed E-state index contributed by atoms with van der Waals surface area (Å²) < 4.78 is 8.51. The lowest BCUT2D eigenvalue weighted by Gasteiger charge is -2.53. The first kappa shape index (κ1) is 19.6. The number of hydrogen-bond acceptors (Lipinski definition) is 3. The van der Waals surface area contributed by atoms with E-state index in [0.29, 0.717) is 0 Å². The SMILES string of the molecule is CC(C)C[Si]1N(C)[Si](CC(C)C)N(C)[Si](CC(C)C)N1C. The largest absolute Gasteiger partial charge is 0.325 e. The second-order valence-electron chi connectivity index (χ2n) is 7.72. The molecule has 0 aliphatic carbocycles. The fourth-order valence-electron chi connectivity index (χ4n) is 3.04. The molecule has 0 aromatic rings. The van der Waals surface area contributed by atoms with Crippen molar-refractivity contribution in [2.75, 3.05) is 21.1 Å². The van der Waals surface area contributed by atoms with Gasteiger partial charge < -0.3 is 12.7 Å². The van der Waals surface area contributed by atoms with Crippen LogP contribution in [0.15, 0.2) is 0 Å². The second-order valence-corrected chi connectivity index (χ2v) is 16.8. The highest BCUT2D eigenvalue weighted by molar-refractivity contribution is 6.85. The van der Waals surface area contributed by atoms with E-state index in [2.05, 4.69) is 75.4 Å². The summed E-state index contributed by atoms with van der Waals surface area (Å²) in [7, 11) is 5.76. The van der Waals surface area contributed by atoms with Gasteiger partial charge in [-0.15, -0.1) is 0 Å². The molecule has 6 heteroatoms. The Morgan fingerprint density at radius 1 is 0.524 bits per heavy atom. The van der Waals surface area contributed by atoms with Gasteiger partial charge in [0.1, 0.15) is 0 Å². The van der Waals surface area contributed by atoms with Crippen LogP contribution in [-0.2, 0) is 0 Å². The van der Waals surface area contributed by atoms with Crippen LogP contribution in [0.2, 0.25) is 18.1 Å². The molecule has 1 aliphatic rings. The molecule has 123 valence electrons. The van der Waals surface area contributed by atoms with E-state index in [9.17, 15) is 0 Å². The first-order valence-corrected chi connectivity index (χ1v) is 13.2. The fraction of sp³-hybridized carbons (Fsp3) is 1.00. The molecule has 1 heterocycles. The van der Waals surface area contributed by atoms with Gasteiger partial charge in [0, 0.05) is 0 Å². The smallest absolute Gasteiger partial charge is 0.216 e. The molecule has 0 aromatic heterocycles. The molecule has 0 saturated carbocycles. The highest BCUT2D eigenvalue weighted by Crippen LogP contribution is 2.27. The zero-order valence-corrected chi connectivity index (χ0v) is 18.7. The van der Waals surface area contributed by atoms with E-state index in [-0.39, 0.29) is 0 Å². The maximum Gasteiger partial charge on any atom is 0.216 e. The lowest BCUT2D eigenvalue weighted by atomic mass is 10.3. The first-order valence-electron chi connectivity index (χ1n) is 8.43. The van der Waals surface area contributed by atoms with Crippen LogP contribution in [0.5, 0.6) is 0 Å². The maximum atomic E-state index is 2.84. The number of hydrogen-bond donors (Lipinski definition) is 0. The van der Waals surface area contributed by atoms with Gasteiger partial charge in [0.05, 0.1) is 0 Å². The second kappa shape index (κ2) is 8.40. The highest BCUT2D eigenvalue weighted by atomic mass is 28.4. The van der Waals surface area contributed by atoms with Crippen molar-refractivity contribution in [1.82, 2.24) is 12.7 Å². The van der Waals surface area contributed by atoms with Crippen LogP contribution >= 0.6 is 0 Å². The third-order valence-corrected chi connectivity index (χ3v) is 16.9. The Hall–Kier alpha value is 0.531. The molecule has 0 unspecified atom stereocenters. The standard InChI is InChI=1S/C15H36N3Si3/c1-13(2)10-19-16(7)20(11-14(3)4)18(9)21(17(19)8)12-15(5)6/h13-15H,10-12H2,1-9H3. The predicted molar refractivity (Wildman–Crippen MR) is 99.5 cm³/mol. The fourth-order valence-corrected chi connectivity index (χ4v) is 17.0. The third kappa shape index (κ3) is 5.28. The molecular weight excluding hydrogens is 306 g/mol. The van der Waals surface area contributed by atoms with E-state index < -0.39 is 27.4 Å². The van der Waals surface area contributed by atoms with E-state index in [0.717, 1.165) is 17.8 Å². The molecule has 0 N–H and O–H groups in total. The zero-order chi connectivity index (χ0) is 16.3. The molecule has 21 heavy (non-hydrogen) atoms. The molecule has 0 amide bonds. The van der Waals surface area contributed by atoms with E-state index >= 15 is 0 Å². The van der Waals surface area contributed by atoms with Crippen molar-refractivity contribution in [3.05, 3.63) is 0 Å². The molecule has 1 saturated heterocycles. The van der Waals surface area contributed by atoms with Crippen molar-refractivity contribution in [3.8, 4) is 0 Å². The maximum absolute atomic E-state index is 2.84. The zero-order valence-electron chi connectivity index (χ0n) is 15.7. The van der Waals surface area contributed by atoms with Crippen molar-refractivity contribution >= 4 is 27.4 Å². The molecule has 0 aromatic carbocycles. The van der Waals surface area contributed by atoms with Gasteiger partial charge in [0.25, 0.3) is 0 Å². The monoisotopic (exact) mass is 342 g/mol. The summed E-state index contributed by atoms with van der Waals surface area (Å²) in [4.78, 5) is 0. The quantitative estimate of drug-likeness (QED) is 0.686. The van der Waals surface area contributed by atoms with Crippen molar-refractivity contribution in [1.29, 1.82) is 0 Å². The van der Waals surface area contributed by atoms with Gasteiger partial charge in [-0.2, -0.15) is 0 Å². The molecule has 1 aliphatic heterocycles. The topological polar surface area (TPSA) is 9.72 Å². The Labute approximate surface area is 139 Å². The molecule has 1 fully saturated rings. The van der Waals surface area contributed by atoms with E-state index in [1.165, 1.54) is 18.1 Å². The third-order valence-electron chi connectivity index (χ3n) is 4.10. The van der Waals surface area contributed by atoms with Crippen molar-refractivity contribution in [3.63, 3.8) is 0 Å². The Bertz CT molecular complexity index is 253. The van der Waals surface area contributed by atoms with E-state index in [1.54, 1.807) is 0 Å². The number of rotatable bonds is 6. The van der Waals surface area contributed by atoms with E-state index in [1.807, 2.05) is 0 Å². The van der Waals surface area contributed by atoms with Crippen molar-refractivity contribution < 1.29 is 0 Å². The summed E-state index contributed by atoms with van der Waals surface area (Å²) in [6.45, 7) is 14.3. The van der Waals surface area contributed by atoms with Gasteiger partial charge in [-0.1, -0.05) is 41.5 Å². The normalized spacial score (nSPS) is 22.3. The van der Waals surface area contributed by atoms with Crippen molar-refractivity contribution in [2.45, 2.75) is 59.7 Å². The first-order chi connectivity index (χ1) is 9.65. The molecule has 0 spiro atoms. The van der Waals surface area contributed by atoms with Crippen LogP contribution in [0, 0.1) is 17.8 Å². The lowest BCUT2D eigenvalue weighted by molar-refractivity contribution is 0.490. The Kier molecular flexibility index (Phi) is 7.83. The average Bonchev–Trinajstić information content (AvgIpc) is 2.35. The lowest BCUT2D eigenvalue weighted by Crippen LogP contribution is -2.75. The van der Waals surface area contributed by atoms with Gasteiger partial charge in [0.15, 0.2) is 0 Å². The summed E-state index contributed by atoms with van der Waals surface area (Å²) in [5.74, 6) is 2.45. The predicted octanol–water partition coefficient (Wildman–Crippen LogP) is 3.23. The van der Waals surface area contributed by atoms with Crippen molar-refractivity contribution in [2.24, 2.45) is 17.8 Å². The van der Waals surface area contributed by atoms with Gasteiger partial charge >= 0.3 is 0 Å². The highest BCUT2D eigenvalue weighted by Gasteiger charge is 2.45. The van der Waals surface area contributed by atoms with Gasteiger partial charge in [-0.3, -0.25) is 0 Å². The summed E-state index contributed by atoms with van der Waals surface area (Å²) in [5, 5.41) is 0. The van der Waals surface area contributed by atoms with E-state index in [4.69, 9.17) is 0 Å². The summed E-state index contributed by atoms with van der Waals surface area (Å²) in [6, 6.07) is 4.22. The minimum atomic E-state index is -0.507. The molecule has 0 atom stereocenters. The average molecular weight is 343 g/mol. The minimum Gasteiger partial charge on any atom is -0.325 e. The van der Waals surface area contributed by atoms with Crippen LogP contribution in [-0.4, -0.2) is 61.2 Å². The van der Waals surface area contributed by atoms with Crippen LogP contribution in [0.4, 0.5) is 0 Å². The van der Waals surface area contributed by atoms with Gasteiger partial charge in [-0.25, -0.2) is 0 Å². The molecule has 1 rings (SSSR count). The van der Waals surface area contributed by atoms with Crippen LogP contribution in [0.1, 0.15) is 41.5 Å². The summed E-state index contributed by atoms with van der Waals surface area (Å²) in [6.07, 6.45) is 0. The summed E-state index contributed by atoms with van der Waals surface area (Å²) in [5.41, 5.74) is 0. The Morgan fingerprint density at radius 2 is 0.714 bits per heavy atom. The van der Waals surface area contributed by atoms with Crippen LogP contribution in [0.3, 0.4) is 0 Å². The molecule has 0 bridgehead atoms. The van der Waals surface area contributed by atoms with Gasteiger partial charge in [0.2, 0.25) is 27.4 Å². The Balaban J connectivity index is 2.98. The molecular formula is C15H36N3Si3. The van der Waals surface area contributed by atoms with Crippen LogP contribution in [0.25, 0.3) is 0 Å². The van der Waals surface area contributed by atoms with Crippen LogP contribution < -0.4 is 0 Å². The molecule has 3 radical (unpaired) electrons. The minimum absolute atomic E-state index is 0.507. The Morgan fingerprint density at radius 3 is 0.857 bits per heavy atom. The number of nitrogens with zero attached hydrogens (tertiary/aromatic N) is 3. The summed E-state index contributed by atoms with van der Waals surface area (Å²) >= 11 is 0.